The molecule has 0 spiro atoms. The third kappa shape index (κ3) is 7.76. The number of ether oxygens (including phenoxy) is 1. The Morgan fingerprint density at radius 3 is 2.37 bits per heavy atom. The minimum Gasteiger partial charge on any atom is -0.379 e. The minimum atomic E-state index is -0.174. The van der Waals surface area contributed by atoms with Crippen LogP contribution in [0.15, 0.2) is 24.3 Å². The molecule has 0 unspecified atom stereocenters. The van der Waals surface area contributed by atoms with Crippen molar-refractivity contribution in [3.63, 3.8) is 0 Å². The third-order valence-electron chi connectivity index (χ3n) is 4.31. The number of carbonyl (C=O) groups excluding carboxylic acids is 3. The van der Waals surface area contributed by atoms with Crippen molar-refractivity contribution < 1.29 is 19.1 Å². The van der Waals surface area contributed by atoms with Crippen LogP contribution in [-0.2, 0) is 19.1 Å². The number of anilines is 2. The zero-order valence-electron chi connectivity index (χ0n) is 16.0. The summed E-state index contributed by atoms with van der Waals surface area (Å²) in [6.07, 6.45) is 0.215. The van der Waals surface area contributed by atoms with E-state index in [2.05, 4.69) is 15.5 Å². The van der Waals surface area contributed by atoms with E-state index in [9.17, 15) is 14.4 Å². The molecule has 8 nitrogen and oxygen atoms in total. The van der Waals surface area contributed by atoms with E-state index < -0.39 is 0 Å². The number of benzene rings is 1. The molecule has 27 heavy (non-hydrogen) atoms. The van der Waals surface area contributed by atoms with E-state index in [-0.39, 0.29) is 24.1 Å². The van der Waals surface area contributed by atoms with Crippen LogP contribution in [0.1, 0.15) is 20.3 Å². The number of amides is 3. The highest BCUT2D eigenvalue weighted by molar-refractivity contribution is 5.93. The van der Waals surface area contributed by atoms with Crippen molar-refractivity contribution in [1.82, 2.24) is 9.80 Å². The monoisotopic (exact) mass is 376 g/mol. The molecule has 0 bridgehead atoms. The summed E-state index contributed by atoms with van der Waals surface area (Å²) in [6, 6.07) is 6.95. The van der Waals surface area contributed by atoms with Gasteiger partial charge in [0.25, 0.3) is 0 Å². The molecular formula is C19H28N4O4. The van der Waals surface area contributed by atoms with E-state index in [1.807, 2.05) is 0 Å². The molecule has 3 amide bonds. The summed E-state index contributed by atoms with van der Waals surface area (Å²) in [5.41, 5.74) is 1.23. The van der Waals surface area contributed by atoms with Gasteiger partial charge < -0.3 is 20.3 Å². The number of morpholine rings is 1. The van der Waals surface area contributed by atoms with Crippen molar-refractivity contribution in [1.29, 1.82) is 0 Å². The summed E-state index contributed by atoms with van der Waals surface area (Å²) in [6.45, 7) is 7.89. The van der Waals surface area contributed by atoms with Crippen molar-refractivity contribution in [3.05, 3.63) is 24.3 Å². The number of hydrogen-bond donors (Lipinski definition) is 2. The second kappa shape index (κ2) is 10.6. The summed E-state index contributed by atoms with van der Waals surface area (Å²) in [4.78, 5) is 39.1. The standard InChI is InChI=1S/C19H28N4O4/c1-15(24)20-17-4-3-5-18(14-17)21-19(26)6-7-23(16(2)25)9-8-22-10-12-27-13-11-22/h3-5,14H,6-13H2,1-2H3,(H,20,24)(H,21,26). The van der Waals surface area contributed by atoms with Gasteiger partial charge in [0, 0.05) is 64.4 Å². The zero-order chi connectivity index (χ0) is 19.6. The smallest absolute Gasteiger partial charge is 0.226 e. The first-order valence-corrected chi connectivity index (χ1v) is 9.17. The Hall–Kier alpha value is -2.45. The molecule has 1 fully saturated rings. The molecule has 0 aromatic heterocycles. The number of hydrogen-bond acceptors (Lipinski definition) is 5. The lowest BCUT2D eigenvalue weighted by atomic mass is 10.2. The number of nitrogens with zero attached hydrogens (tertiary/aromatic N) is 2. The van der Waals surface area contributed by atoms with Gasteiger partial charge in [0.15, 0.2) is 0 Å². The lowest BCUT2D eigenvalue weighted by molar-refractivity contribution is -0.129. The Labute approximate surface area is 159 Å². The maximum atomic E-state index is 12.2. The minimum absolute atomic E-state index is 0.0382. The summed E-state index contributed by atoms with van der Waals surface area (Å²) < 4.78 is 5.32. The molecule has 8 heteroatoms. The van der Waals surface area contributed by atoms with Gasteiger partial charge in [-0.15, -0.1) is 0 Å². The molecule has 1 aromatic rings. The van der Waals surface area contributed by atoms with Crippen LogP contribution in [0.25, 0.3) is 0 Å². The van der Waals surface area contributed by atoms with Crippen molar-refractivity contribution in [3.8, 4) is 0 Å². The second-order valence-corrected chi connectivity index (χ2v) is 6.52. The Morgan fingerprint density at radius 2 is 1.74 bits per heavy atom. The average molecular weight is 376 g/mol. The van der Waals surface area contributed by atoms with Crippen LogP contribution in [0, 0.1) is 0 Å². The Morgan fingerprint density at radius 1 is 1.07 bits per heavy atom. The summed E-state index contributed by atoms with van der Waals surface area (Å²) >= 11 is 0. The number of carbonyl (C=O) groups is 3. The first-order chi connectivity index (χ1) is 12.9. The largest absolute Gasteiger partial charge is 0.379 e. The summed E-state index contributed by atoms with van der Waals surface area (Å²) in [5, 5.41) is 5.47. The molecule has 148 valence electrons. The fourth-order valence-corrected chi connectivity index (χ4v) is 2.85. The molecule has 2 rings (SSSR count). The van der Waals surface area contributed by atoms with Crippen LogP contribution < -0.4 is 10.6 Å². The molecule has 0 atom stereocenters. The van der Waals surface area contributed by atoms with Crippen LogP contribution in [0.2, 0.25) is 0 Å². The van der Waals surface area contributed by atoms with E-state index >= 15 is 0 Å². The first kappa shape index (κ1) is 20.9. The second-order valence-electron chi connectivity index (χ2n) is 6.52. The van der Waals surface area contributed by atoms with Crippen molar-refractivity contribution in [2.24, 2.45) is 0 Å². The van der Waals surface area contributed by atoms with Crippen LogP contribution in [-0.4, -0.2) is 73.5 Å². The molecule has 2 N–H and O–H groups in total. The molecule has 1 saturated heterocycles. The quantitative estimate of drug-likeness (QED) is 0.710. The van der Waals surface area contributed by atoms with E-state index in [4.69, 9.17) is 4.74 Å². The van der Waals surface area contributed by atoms with Crippen molar-refractivity contribution in [2.45, 2.75) is 20.3 Å². The topological polar surface area (TPSA) is 91.0 Å². The Balaban J connectivity index is 1.79. The molecule has 1 aromatic carbocycles. The normalized spacial score (nSPS) is 14.4. The SMILES string of the molecule is CC(=O)Nc1cccc(NC(=O)CCN(CCN2CCOCC2)C(C)=O)c1. The number of rotatable bonds is 8. The van der Waals surface area contributed by atoms with E-state index in [0.717, 1.165) is 32.8 Å². The fourth-order valence-electron chi connectivity index (χ4n) is 2.85. The van der Waals surface area contributed by atoms with Gasteiger partial charge in [-0.25, -0.2) is 0 Å². The summed E-state index contributed by atoms with van der Waals surface area (Å²) in [5.74, 6) is -0.382. The van der Waals surface area contributed by atoms with Gasteiger partial charge in [-0.2, -0.15) is 0 Å². The highest BCUT2D eigenvalue weighted by Gasteiger charge is 2.15. The molecule has 1 aliphatic heterocycles. The first-order valence-electron chi connectivity index (χ1n) is 9.17. The van der Waals surface area contributed by atoms with E-state index in [1.54, 1.807) is 29.2 Å². The third-order valence-corrected chi connectivity index (χ3v) is 4.31. The maximum absolute atomic E-state index is 12.2. The fraction of sp³-hybridized carbons (Fsp3) is 0.526. The van der Waals surface area contributed by atoms with E-state index in [0.29, 0.717) is 24.5 Å². The molecule has 0 saturated carbocycles. The molecule has 1 heterocycles. The predicted molar refractivity (Wildman–Crippen MR) is 104 cm³/mol. The van der Waals surface area contributed by atoms with Gasteiger partial charge >= 0.3 is 0 Å². The molecule has 0 radical (unpaired) electrons. The predicted octanol–water partition coefficient (Wildman–Crippen LogP) is 1.15. The lowest BCUT2D eigenvalue weighted by Gasteiger charge is -2.29. The Bertz CT molecular complexity index is 659. The van der Waals surface area contributed by atoms with Crippen molar-refractivity contribution in [2.75, 3.05) is 56.6 Å². The van der Waals surface area contributed by atoms with Crippen LogP contribution in [0.5, 0.6) is 0 Å². The van der Waals surface area contributed by atoms with E-state index in [1.165, 1.54) is 13.8 Å². The molecule has 0 aliphatic carbocycles. The summed E-state index contributed by atoms with van der Waals surface area (Å²) in [7, 11) is 0. The molecular weight excluding hydrogens is 348 g/mol. The van der Waals surface area contributed by atoms with Crippen LogP contribution in [0.4, 0.5) is 11.4 Å². The lowest BCUT2D eigenvalue weighted by Crippen LogP contribution is -2.43. The Kier molecular flexibility index (Phi) is 8.22. The maximum Gasteiger partial charge on any atom is 0.226 e. The number of nitrogens with one attached hydrogen (secondary N) is 2. The highest BCUT2D eigenvalue weighted by atomic mass is 16.5. The van der Waals surface area contributed by atoms with Gasteiger partial charge in [-0.3, -0.25) is 19.3 Å². The molecule has 1 aliphatic rings. The zero-order valence-corrected chi connectivity index (χ0v) is 16.0. The van der Waals surface area contributed by atoms with Gasteiger partial charge in [-0.1, -0.05) is 6.07 Å². The van der Waals surface area contributed by atoms with Crippen LogP contribution in [0.3, 0.4) is 0 Å². The van der Waals surface area contributed by atoms with Crippen LogP contribution >= 0.6 is 0 Å². The van der Waals surface area contributed by atoms with Gasteiger partial charge in [0.05, 0.1) is 13.2 Å². The average Bonchev–Trinajstić information content (AvgIpc) is 2.62. The van der Waals surface area contributed by atoms with Gasteiger partial charge in [-0.05, 0) is 18.2 Å². The van der Waals surface area contributed by atoms with Gasteiger partial charge in [0.1, 0.15) is 0 Å². The van der Waals surface area contributed by atoms with Gasteiger partial charge in [0.2, 0.25) is 17.7 Å². The highest BCUT2D eigenvalue weighted by Crippen LogP contribution is 2.15. The van der Waals surface area contributed by atoms with Crippen molar-refractivity contribution >= 4 is 29.1 Å².